The molecule has 144 valence electrons. The first kappa shape index (κ1) is 20.1. The van der Waals surface area contributed by atoms with Crippen LogP contribution >= 0.6 is 15.9 Å². The number of nitrogens with one attached hydrogen (secondary N) is 1. The quantitative estimate of drug-likeness (QED) is 0.434. The Bertz CT molecular complexity index is 1070. The van der Waals surface area contributed by atoms with Crippen LogP contribution in [-0.2, 0) is 16.4 Å². The average Bonchev–Trinajstić information content (AvgIpc) is 2.69. The van der Waals surface area contributed by atoms with E-state index in [0.717, 1.165) is 10.0 Å². The lowest BCUT2D eigenvalue weighted by Crippen LogP contribution is -2.23. The molecule has 1 N–H and O–H groups in total. The van der Waals surface area contributed by atoms with Gasteiger partial charge in [-0.1, -0.05) is 64.5 Å². The van der Waals surface area contributed by atoms with E-state index in [4.69, 9.17) is 0 Å². The van der Waals surface area contributed by atoms with Crippen molar-refractivity contribution >= 4 is 37.5 Å². The van der Waals surface area contributed by atoms with Gasteiger partial charge in [-0.25, -0.2) is 8.42 Å². The van der Waals surface area contributed by atoms with Crippen molar-refractivity contribution < 1.29 is 13.5 Å². The van der Waals surface area contributed by atoms with Crippen molar-refractivity contribution in [1.29, 1.82) is 0 Å². The number of rotatable bonds is 7. The van der Waals surface area contributed by atoms with Gasteiger partial charge in [0, 0.05) is 16.6 Å². The number of hydrogen-bond acceptors (Lipinski definition) is 4. The third-order valence-corrected chi connectivity index (χ3v) is 5.93. The van der Waals surface area contributed by atoms with Crippen molar-refractivity contribution in [3.8, 4) is 0 Å². The lowest BCUT2D eigenvalue weighted by atomic mass is 10.1. The molecule has 0 aromatic heterocycles. The highest BCUT2D eigenvalue weighted by Gasteiger charge is 2.15. The predicted octanol–water partition coefficient (Wildman–Crippen LogP) is 3.60. The standard InChI is InChI=1S/C21H19BrN2O3S/c22-17-10-12-18(13-11-17)28(26,27)24-20-9-5-4-8-19(20)21(25)23-15-14-16-6-2-1-3-7-16/h1-13,24H,14-15H2,(H,23,25)/p-1. The molecule has 0 amide bonds. The summed E-state index contributed by atoms with van der Waals surface area (Å²) in [4.78, 5) is 4.19. The minimum atomic E-state index is -3.81. The molecule has 0 aliphatic rings. The van der Waals surface area contributed by atoms with Crippen molar-refractivity contribution in [1.82, 2.24) is 0 Å². The zero-order chi connectivity index (χ0) is 20.0. The molecular formula is C21H18BrN2O3S-. The van der Waals surface area contributed by atoms with Crippen molar-refractivity contribution in [2.24, 2.45) is 4.99 Å². The topological polar surface area (TPSA) is 81.6 Å². The summed E-state index contributed by atoms with van der Waals surface area (Å²) in [5.41, 5.74) is 1.51. The maximum atomic E-state index is 12.6. The Morgan fingerprint density at radius 1 is 0.929 bits per heavy atom. The fourth-order valence-corrected chi connectivity index (χ4v) is 3.94. The molecule has 0 atom stereocenters. The molecule has 3 rings (SSSR count). The Hall–Kier alpha value is -2.64. The van der Waals surface area contributed by atoms with E-state index in [1.165, 1.54) is 12.1 Å². The monoisotopic (exact) mass is 457 g/mol. The Morgan fingerprint density at radius 3 is 2.29 bits per heavy atom. The molecular weight excluding hydrogens is 440 g/mol. The second-order valence-electron chi connectivity index (χ2n) is 6.03. The minimum absolute atomic E-state index is 0.110. The minimum Gasteiger partial charge on any atom is -0.858 e. The van der Waals surface area contributed by atoms with Crippen LogP contribution in [0.2, 0.25) is 0 Å². The number of halogens is 1. The van der Waals surface area contributed by atoms with Gasteiger partial charge in [-0.3, -0.25) is 4.72 Å². The summed E-state index contributed by atoms with van der Waals surface area (Å²) in [6.45, 7) is 0.330. The summed E-state index contributed by atoms with van der Waals surface area (Å²) in [6, 6.07) is 22.5. The van der Waals surface area contributed by atoms with Crippen LogP contribution < -0.4 is 9.83 Å². The first-order chi connectivity index (χ1) is 13.5. The van der Waals surface area contributed by atoms with Gasteiger partial charge in [0.1, 0.15) is 0 Å². The summed E-state index contributed by atoms with van der Waals surface area (Å²) >= 11 is 3.28. The Morgan fingerprint density at radius 2 is 1.57 bits per heavy atom. The van der Waals surface area contributed by atoms with Gasteiger partial charge in [-0.2, -0.15) is 0 Å². The SMILES string of the molecule is O=S(=O)(Nc1ccccc1C([O-])=NCCc1ccccc1)c1ccc(Br)cc1. The van der Waals surface area contributed by atoms with Gasteiger partial charge < -0.3 is 10.1 Å². The van der Waals surface area contributed by atoms with Crippen LogP contribution in [0.3, 0.4) is 0 Å². The molecule has 0 spiro atoms. The van der Waals surface area contributed by atoms with Gasteiger partial charge in [0.15, 0.2) is 0 Å². The Balaban J connectivity index is 1.78. The van der Waals surface area contributed by atoms with E-state index in [1.807, 2.05) is 30.3 Å². The molecule has 0 heterocycles. The lowest BCUT2D eigenvalue weighted by molar-refractivity contribution is -0.213. The molecule has 0 aliphatic heterocycles. The highest BCUT2D eigenvalue weighted by atomic mass is 79.9. The van der Waals surface area contributed by atoms with Crippen LogP contribution in [0.5, 0.6) is 0 Å². The molecule has 3 aromatic rings. The summed E-state index contributed by atoms with van der Waals surface area (Å²) in [6.07, 6.45) is 0.638. The lowest BCUT2D eigenvalue weighted by Gasteiger charge is -2.17. The number of nitrogens with zero attached hydrogens (tertiary/aromatic N) is 1. The molecule has 3 aromatic carbocycles. The van der Waals surface area contributed by atoms with Gasteiger partial charge in [0.05, 0.1) is 10.6 Å². The van der Waals surface area contributed by atoms with Crippen molar-refractivity contribution in [2.75, 3.05) is 11.3 Å². The number of aliphatic imine (C=N–C) groups is 1. The number of benzene rings is 3. The molecule has 28 heavy (non-hydrogen) atoms. The van der Waals surface area contributed by atoms with Crippen LogP contribution in [0, 0.1) is 0 Å². The van der Waals surface area contributed by atoms with Crippen LogP contribution in [-0.4, -0.2) is 20.9 Å². The highest BCUT2D eigenvalue weighted by molar-refractivity contribution is 9.10. The number of hydrogen-bond donors (Lipinski definition) is 1. The van der Waals surface area contributed by atoms with Gasteiger partial charge in [-0.15, -0.1) is 0 Å². The second kappa shape index (κ2) is 9.03. The number of anilines is 1. The van der Waals surface area contributed by atoms with E-state index in [9.17, 15) is 13.5 Å². The van der Waals surface area contributed by atoms with E-state index in [1.54, 1.807) is 36.4 Å². The van der Waals surface area contributed by atoms with E-state index in [-0.39, 0.29) is 16.1 Å². The average molecular weight is 458 g/mol. The fourth-order valence-electron chi connectivity index (χ4n) is 2.59. The van der Waals surface area contributed by atoms with E-state index < -0.39 is 15.9 Å². The van der Waals surface area contributed by atoms with Crippen molar-refractivity contribution in [3.05, 3.63) is 94.5 Å². The van der Waals surface area contributed by atoms with E-state index >= 15 is 0 Å². The van der Waals surface area contributed by atoms with E-state index in [2.05, 4.69) is 25.6 Å². The highest BCUT2D eigenvalue weighted by Crippen LogP contribution is 2.21. The summed E-state index contributed by atoms with van der Waals surface area (Å²) in [7, 11) is -3.81. The first-order valence-corrected chi connectivity index (χ1v) is 10.9. The molecule has 7 heteroatoms. The molecule has 0 saturated carbocycles. The largest absolute Gasteiger partial charge is 0.858 e. The number of sulfonamides is 1. The molecule has 0 saturated heterocycles. The van der Waals surface area contributed by atoms with Crippen molar-refractivity contribution in [2.45, 2.75) is 11.3 Å². The summed E-state index contributed by atoms with van der Waals surface area (Å²) < 4.78 is 28.5. The van der Waals surface area contributed by atoms with Crippen LogP contribution in [0.4, 0.5) is 5.69 Å². The fraction of sp³-hybridized carbons (Fsp3) is 0.0952. The van der Waals surface area contributed by atoms with Crippen molar-refractivity contribution in [3.63, 3.8) is 0 Å². The maximum absolute atomic E-state index is 12.6. The van der Waals surface area contributed by atoms with Crippen LogP contribution in [0.1, 0.15) is 11.1 Å². The first-order valence-electron chi connectivity index (χ1n) is 8.59. The predicted molar refractivity (Wildman–Crippen MR) is 113 cm³/mol. The van der Waals surface area contributed by atoms with E-state index in [0.29, 0.717) is 13.0 Å². The number of para-hydroxylation sites is 1. The molecule has 5 nitrogen and oxygen atoms in total. The van der Waals surface area contributed by atoms with Crippen LogP contribution in [0.25, 0.3) is 0 Å². The summed E-state index contributed by atoms with van der Waals surface area (Å²) in [5, 5.41) is 12.5. The molecule has 0 fully saturated rings. The Kier molecular flexibility index (Phi) is 6.49. The summed E-state index contributed by atoms with van der Waals surface area (Å²) in [5.74, 6) is -0.454. The second-order valence-corrected chi connectivity index (χ2v) is 8.63. The zero-order valence-electron chi connectivity index (χ0n) is 14.9. The normalized spacial score (nSPS) is 12.0. The zero-order valence-corrected chi connectivity index (χ0v) is 17.3. The maximum Gasteiger partial charge on any atom is 0.261 e. The third-order valence-electron chi connectivity index (χ3n) is 4.02. The molecule has 0 bridgehead atoms. The van der Waals surface area contributed by atoms with Crippen LogP contribution in [0.15, 0.2) is 93.2 Å². The third kappa shape index (κ3) is 5.21. The smallest absolute Gasteiger partial charge is 0.261 e. The van der Waals surface area contributed by atoms with Gasteiger partial charge in [0.25, 0.3) is 10.0 Å². The van der Waals surface area contributed by atoms with Gasteiger partial charge >= 0.3 is 0 Å². The molecule has 0 radical (unpaired) electrons. The van der Waals surface area contributed by atoms with Gasteiger partial charge in [-0.05, 0) is 48.2 Å². The molecule has 0 aliphatic carbocycles. The van der Waals surface area contributed by atoms with Gasteiger partial charge in [0.2, 0.25) is 0 Å². The Labute approximate surface area is 173 Å². The molecule has 0 unspecified atom stereocenters.